The summed E-state index contributed by atoms with van der Waals surface area (Å²) in [6.07, 6.45) is 9.75. The molecular weight excluding hydrogens is 320 g/mol. The summed E-state index contributed by atoms with van der Waals surface area (Å²) < 4.78 is 1.64. The predicted octanol–water partition coefficient (Wildman–Crippen LogP) is 0.901. The normalized spacial score (nSPS) is 15.4. The Kier molecular flexibility index (Phi) is 6.10. The fourth-order valence-electron chi connectivity index (χ4n) is 3.01. The van der Waals surface area contributed by atoms with Crippen molar-refractivity contribution in [3.05, 3.63) is 18.0 Å². The third-order valence-corrected chi connectivity index (χ3v) is 4.33. The molecule has 0 amide bonds. The summed E-state index contributed by atoms with van der Waals surface area (Å²) in [4.78, 5) is 13.8. The van der Waals surface area contributed by atoms with E-state index in [1.807, 2.05) is 19.4 Å². The van der Waals surface area contributed by atoms with Crippen LogP contribution in [0.25, 0.3) is 0 Å². The largest absolute Gasteiger partial charge is 0.397 e. The monoisotopic (exact) mass is 348 g/mol. The molecule has 0 spiro atoms. The maximum absolute atomic E-state index is 5.66. The van der Waals surface area contributed by atoms with E-state index < -0.39 is 0 Å². The van der Waals surface area contributed by atoms with Crippen molar-refractivity contribution in [3.8, 4) is 0 Å². The predicted molar refractivity (Wildman–Crippen MR) is 95.9 cm³/mol. The van der Waals surface area contributed by atoms with Gasteiger partial charge in [0.15, 0.2) is 0 Å². The van der Waals surface area contributed by atoms with Crippen molar-refractivity contribution >= 4 is 11.9 Å². The summed E-state index contributed by atoms with van der Waals surface area (Å²) in [7, 11) is 1.81. The second-order valence-corrected chi connectivity index (χ2v) is 6.47. The van der Waals surface area contributed by atoms with Crippen LogP contribution in [0.5, 0.6) is 0 Å². The van der Waals surface area contributed by atoms with E-state index in [0.29, 0.717) is 12.6 Å². The molecule has 0 aromatic carbocycles. The van der Waals surface area contributed by atoms with Crippen LogP contribution in [-0.4, -0.2) is 55.8 Å². The van der Waals surface area contributed by atoms with Gasteiger partial charge in [0, 0.05) is 25.7 Å². The molecule has 9 nitrogen and oxygen atoms in total. The van der Waals surface area contributed by atoms with Gasteiger partial charge in [0.2, 0.25) is 11.9 Å². The number of anilines is 2. The molecule has 0 bridgehead atoms. The average molecular weight is 348 g/mol. The van der Waals surface area contributed by atoms with Gasteiger partial charge < -0.3 is 15.9 Å². The van der Waals surface area contributed by atoms with Crippen molar-refractivity contribution in [3.63, 3.8) is 0 Å². The van der Waals surface area contributed by atoms with Gasteiger partial charge in [0.05, 0.1) is 12.4 Å². The van der Waals surface area contributed by atoms with Gasteiger partial charge in [-0.1, -0.05) is 6.42 Å². The number of piperidine rings is 1. The van der Waals surface area contributed by atoms with Crippen LogP contribution in [0.15, 0.2) is 12.4 Å². The maximum atomic E-state index is 5.66. The van der Waals surface area contributed by atoms with Crippen LogP contribution in [0.2, 0.25) is 0 Å². The van der Waals surface area contributed by atoms with Gasteiger partial charge in [0.1, 0.15) is 6.61 Å². The topological polar surface area (TPSA) is 99.1 Å². The van der Waals surface area contributed by atoms with Gasteiger partial charge in [0.25, 0.3) is 0 Å². The zero-order chi connectivity index (χ0) is 17.5. The molecule has 138 valence electrons. The third-order valence-electron chi connectivity index (χ3n) is 4.33. The average Bonchev–Trinajstić information content (AvgIpc) is 3.17. The van der Waals surface area contributed by atoms with Crippen molar-refractivity contribution in [2.75, 3.05) is 37.3 Å². The Morgan fingerprint density at radius 2 is 2.08 bits per heavy atom. The van der Waals surface area contributed by atoms with E-state index >= 15 is 0 Å². The molecule has 3 rings (SSSR count). The molecule has 3 N–H and O–H groups in total. The summed E-state index contributed by atoms with van der Waals surface area (Å²) in [6, 6.07) is 0. The van der Waals surface area contributed by atoms with Crippen LogP contribution in [-0.2, 0) is 13.6 Å². The van der Waals surface area contributed by atoms with Crippen molar-refractivity contribution in [2.24, 2.45) is 7.05 Å². The molecule has 9 heteroatoms. The van der Waals surface area contributed by atoms with Crippen LogP contribution in [0.4, 0.5) is 11.9 Å². The molecule has 1 fully saturated rings. The quantitative estimate of drug-likeness (QED) is 0.650. The first-order valence-corrected chi connectivity index (χ1v) is 9.00. The molecule has 1 aliphatic heterocycles. The molecule has 0 unspecified atom stereocenters. The Balaban J connectivity index is 1.29. The smallest absolute Gasteiger partial charge is 0.241 e. The number of likely N-dealkylation sites (tertiary alicyclic amines) is 1. The zero-order valence-corrected chi connectivity index (χ0v) is 14.9. The van der Waals surface area contributed by atoms with Crippen LogP contribution in [0.1, 0.15) is 37.7 Å². The van der Waals surface area contributed by atoms with Crippen LogP contribution in [0, 0.1) is 0 Å². The number of hydrogen-bond acceptors (Lipinski definition) is 7. The first-order valence-electron chi connectivity index (χ1n) is 9.00. The number of hydrogen-bond donors (Lipinski definition) is 2. The summed E-state index contributed by atoms with van der Waals surface area (Å²) in [5, 5.41) is 11.5. The lowest BCUT2D eigenvalue weighted by atomic mass is 10.1. The molecule has 0 radical (unpaired) electrons. The molecule has 0 saturated carbocycles. The van der Waals surface area contributed by atoms with Crippen LogP contribution < -0.4 is 15.9 Å². The van der Waals surface area contributed by atoms with E-state index in [9.17, 15) is 0 Å². The number of nitrogen functional groups attached to an aromatic ring is 1. The fourth-order valence-corrected chi connectivity index (χ4v) is 3.01. The minimum atomic E-state index is 0.285. The molecular formula is C16H28N8O. The van der Waals surface area contributed by atoms with Gasteiger partial charge in [-0.05, 0) is 38.8 Å². The number of nitrogens with two attached hydrogens (primary N) is 1. The first kappa shape index (κ1) is 17.5. The summed E-state index contributed by atoms with van der Waals surface area (Å²) in [5.74, 6) is 0.972. The van der Waals surface area contributed by atoms with E-state index in [-0.39, 0.29) is 5.95 Å². The highest BCUT2D eigenvalue weighted by Gasteiger charge is 2.11. The molecule has 1 aliphatic rings. The number of nitrogens with one attached hydrogen (secondary N) is 1. The second-order valence-electron chi connectivity index (χ2n) is 6.47. The maximum Gasteiger partial charge on any atom is 0.241 e. The van der Waals surface area contributed by atoms with E-state index in [4.69, 9.17) is 10.6 Å². The number of aromatic nitrogens is 5. The first-order chi connectivity index (χ1) is 12.2. The van der Waals surface area contributed by atoms with Crippen LogP contribution >= 0.6 is 0 Å². The van der Waals surface area contributed by atoms with Gasteiger partial charge in [-0.25, -0.2) is 4.68 Å². The summed E-state index contributed by atoms with van der Waals surface area (Å²) in [6.45, 7) is 4.78. The number of aryl methyl sites for hydroxylation is 1. The van der Waals surface area contributed by atoms with Crippen molar-refractivity contribution < 1.29 is 4.84 Å². The lowest BCUT2D eigenvalue weighted by molar-refractivity contribution is 0.0797. The number of rotatable bonds is 9. The van der Waals surface area contributed by atoms with Gasteiger partial charge in [-0.3, -0.25) is 4.90 Å². The fraction of sp³-hybridized carbons (Fsp3) is 0.688. The summed E-state index contributed by atoms with van der Waals surface area (Å²) >= 11 is 0. The lowest BCUT2D eigenvalue weighted by Crippen LogP contribution is -2.28. The van der Waals surface area contributed by atoms with Gasteiger partial charge >= 0.3 is 0 Å². The molecule has 25 heavy (non-hydrogen) atoms. The van der Waals surface area contributed by atoms with E-state index in [1.165, 1.54) is 37.9 Å². The lowest BCUT2D eigenvalue weighted by Gasteiger charge is -2.25. The van der Waals surface area contributed by atoms with Crippen molar-refractivity contribution in [1.82, 2.24) is 29.6 Å². The standard InChI is InChI=1S/C16H28N8O/c1-22-16(20-15(17)21-22)18-7-3-6-10-25-24-13-14(11-19-24)12-23-8-4-2-5-9-23/h11,13H,2-10,12H2,1H3,(H3,17,18,20,21). The zero-order valence-electron chi connectivity index (χ0n) is 14.9. The van der Waals surface area contributed by atoms with E-state index in [2.05, 4.69) is 25.4 Å². The highest BCUT2D eigenvalue weighted by molar-refractivity contribution is 5.31. The third kappa shape index (κ3) is 5.35. The number of unbranched alkanes of at least 4 members (excludes halogenated alkanes) is 1. The van der Waals surface area contributed by atoms with Crippen molar-refractivity contribution in [1.29, 1.82) is 0 Å². The molecule has 0 aliphatic carbocycles. The Bertz CT molecular complexity index is 646. The second kappa shape index (κ2) is 8.70. The van der Waals surface area contributed by atoms with Crippen LogP contribution in [0.3, 0.4) is 0 Å². The van der Waals surface area contributed by atoms with E-state index in [0.717, 1.165) is 25.9 Å². The Labute approximate surface area is 148 Å². The number of nitrogens with zero attached hydrogens (tertiary/aromatic N) is 6. The molecule has 3 heterocycles. The van der Waals surface area contributed by atoms with Gasteiger partial charge in [-0.15, -0.1) is 15.0 Å². The van der Waals surface area contributed by atoms with Gasteiger partial charge in [-0.2, -0.15) is 4.98 Å². The van der Waals surface area contributed by atoms with E-state index in [1.54, 1.807) is 9.53 Å². The Morgan fingerprint density at radius 3 is 2.84 bits per heavy atom. The molecule has 1 saturated heterocycles. The molecule has 0 atom stereocenters. The Hall–Kier alpha value is -2.29. The minimum absolute atomic E-state index is 0.285. The summed E-state index contributed by atoms with van der Waals surface area (Å²) in [5.41, 5.74) is 6.75. The Morgan fingerprint density at radius 1 is 1.24 bits per heavy atom. The highest BCUT2D eigenvalue weighted by atomic mass is 16.7. The van der Waals surface area contributed by atoms with Crippen molar-refractivity contribution in [2.45, 2.75) is 38.6 Å². The highest BCUT2D eigenvalue weighted by Crippen LogP contribution is 2.12. The molecule has 2 aromatic rings. The minimum Gasteiger partial charge on any atom is -0.397 e. The molecule has 2 aromatic heterocycles. The SMILES string of the molecule is Cn1nc(N)nc1NCCCCOn1cc(CN2CCCCC2)cn1.